The molecule has 4 aromatic rings. The second-order valence-corrected chi connectivity index (χ2v) is 22.5. The van der Waals surface area contributed by atoms with Crippen LogP contribution >= 0.6 is 30.3 Å². The first-order valence-corrected chi connectivity index (χ1v) is 26.1. The number of rotatable bonds is 12. The SMILES string of the molecule is COc1ccc2c(O[C@@H]3C[C@H]4C(=O)C[C@]5(P(=O)(O)Cc6c(F)cccc6F)C[C@H]5CCCCCCC[C@H](CC(=O)OC5CCCC5)C(=O)N4C3)cc(-c3csc(NC(C)C)n3)nc2c1Cl. The molecule has 2 saturated carbocycles. The van der Waals surface area contributed by atoms with Crippen molar-refractivity contribution in [2.75, 3.05) is 19.0 Å². The molecule has 17 heteroatoms. The third-order valence-corrected chi connectivity index (χ3v) is 17.7. The quantitative estimate of drug-likeness (QED) is 0.103. The molecule has 6 atom stereocenters. The van der Waals surface area contributed by atoms with Gasteiger partial charge in [-0.3, -0.25) is 18.9 Å². The minimum absolute atomic E-state index is 0.0146. The number of hydrogen-bond donors (Lipinski definition) is 2. The van der Waals surface area contributed by atoms with Crippen LogP contribution in [-0.4, -0.2) is 80.5 Å². The molecule has 8 rings (SSSR count). The zero-order chi connectivity index (χ0) is 46.0. The summed E-state index contributed by atoms with van der Waals surface area (Å²) in [6.07, 6.45) is 6.64. The van der Waals surface area contributed by atoms with Gasteiger partial charge in [-0.15, -0.1) is 11.3 Å². The lowest BCUT2D eigenvalue weighted by Gasteiger charge is -2.30. The topological polar surface area (TPSA) is 157 Å². The maximum atomic E-state index is 15.0. The van der Waals surface area contributed by atoms with E-state index >= 15 is 8.78 Å². The lowest BCUT2D eigenvalue weighted by Crippen LogP contribution is -2.45. The molecule has 2 aromatic heterocycles. The Bertz CT molecular complexity index is 2450. The highest BCUT2D eigenvalue weighted by Gasteiger charge is 2.66. The largest absolute Gasteiger partial charge is 0.495 e. The second-order valence-electron chi connectivity index (χ2n) is 18.7. The Kier molecular flexibility index (Phi) is 14.5. The van der Waals surface area contributed by atoms with E-state index < -0.39 is 65.7 Å². The molecule has 2 N–H and O–H groups in total. The number of hydrogen-bond acceptors (Lipinski definition) is 11. The second kappa shape index (κ2) is 20.0. The van der Waals surface area contributed by atoms with E-state index in [2.05, 4.69) is 5.32 Å². The van der Waals surface area contributed by atoms with E-state index in [1.165, 1.54) is 29.4 Å². The number of ketones is 1. The van der Waals surface area contributed by atoms with Gasteiger partial charge in [0.05, 0.1) is 48.6 Å². The Morgan fingerprint density at radius 2 is 1.69 bits per heavy atom. The zero-order valence-corrected chi connectivity index (χ0v) is 39.6. The molecule has 0 bridgehead atoms. The summed E-state index contributed by atoms with van der Waals surface area (Å²) in [6.45, 7) is 4.02. The van der Waals surface area contributed by atoms with E-state index in [0.29, 0.717) is 58.2 Å². The van der Waals surface area contributed by atoms with Crippen molar-refractivity contribution in [1.82, 2.24) is 14.9 Å². The first kappa shape index (κ1) is 47.3. The minimum Gasteiger partial charge on any atom is -0.495 e. The van der Waals surface area contributed by atoms with Crippen LogP contribution in [0.5, 0.6) is 11.5 Å². The maximum absolute atomic E-state index is 15.0. The van der Waals surface area contributed by atoms with Crippen molar-refractivity contribution in [3.05, 3.63) is 64.0 Å². The summed E-state index contributed by atoms with van der Waals surface area (Å²) in [5, 5.41) is 5.30. The van der Waals surface area contributed by atoms with Gasteiger partial charge in [0.25, 0.3) is 0 Å². The highest BCUT2D eigenvalue weighted by atomic mass is 35.5. The number of methoxy groups -OCH3 is 1. The number of halogens is 3. The normalized spacial score (nSPS) is 25.4. The lowest BCUT2D eigenvalue weighted by atomic mass is 9.94. The summed E-state index contributed by atoms with van der Waals surface area (Å²) < 4.78 is 62.8. The van der Waals surface area contributed by atoms with E-state index in [0.717, 1.165) is 63.5 Å². The van der Waals surface area contributed by atoms with Crippen LogP contribution in [0.1, 0.15) is 116 Å². The summed E-state index contributed by atoms with van der Waals surface area (Å²) in [4.78, 5) is 66.5. The number of fused-ring (bicyclic) bond motifs is 3. The van der Waals surface area contributed by atoms with Crippen LogP contribution in [0.3, 0.4) is 0 Å². The molecule has 2 aliphatic carbocycles. The standard InChI is InChI=1S/C48H58ClF2N4O8PS/c1-28(2)52-47-54-38(27-65-47)37-22-42(33-18-19-41(61-3)44(49)45(33)53-37)62-32-21-39-40(56)24-48(64(59,60)26-34-35(50)16-11-17-36(34)51)23-30(48)13-8-6-4-5-7-12-29(46(58)55(39)25-32)20-43(57)63-31-14-9-10-15-31/h11,16-19,22,27-32,39H,4-10,12-15,20-21,23-26H2,1-3H3,(H,52,54)(H,59,60)/t29-,30-,32-,39+,48-/m1/s1. The van der Waals surface area contributed by atoms with E-state index in [1.54, 1.807) is 18.2 Å². The molecule has 1 amide bonds. The predicted octanol–water partition coefficient (Wildman–Crippen LogP) is 10.9. The number of ether oxygens (including phenoxy) is 3. The Morgan fingerprint density at radius 1 is 0.985 bits per heavy atom. The fourth-order valence-corrected chi connectivity index (χ4v) is 14.0. The summed E-state index contributed by atoms with van der Waals surface area (Å²) in [5.74, 6) is -3.39. The van der Waals surface area contributed by atoms with E-state index in [9.17, 15) is 23.8 Å². The van der Waals surface area contributed by atoms with Crippen LogP contribution < -0.4 is 14.8 Å². The maximum Gasteiger partial charge on any atom is 0.306 e. The van der Waals surface area contributed by atoms with Gasteiger partial charge in [0, 0.05) is 47.2 Å². The summed E-state index contributed by atoms with van der Waals surface area (Å²) >= 11 is 8.31. The Balaban J connectivity index is 1.14. The molecule has 65 heavy (non-hydrogen) atoms. The number of nitrogens with one attached hydrogen (secondary N) is 1. The number of benzene rings is 2. The molecule has 4 heterocycles. The van der Waals surface area contributed by atoms with Gasteiger partial charge < -0.3 is 29.3 Å². The van der Waals surface area contributed by atoms with Crippen LogP contribution in [0.25, 0.3) is 22.3 Å². The molecular weight excluding hydrogens is 897 g/mol. The number of carbonyl (C=O) groups excluding carboxylic acids is 3. The zero-order valence-electron chi connectivity index (χ0n) is 37.2. The smallest absolute Gasteiger partial charge is 0.306 e. The van der Waals surface area contributed by atoms with Gasteiger partial charge in [-0.25, -0.2) is 18.7 Å². The van der Waals surface area contributed by atoms with Gasteiger partial charge in [0.2, 0.25) is 13.3 Å². The molecule has 2 aromatic carbocycles. The van der Waals surface area contributed by atoms with Crippen molar-refractivity contribution in [2.45, 2.75) is 146 Å². The van der Waals surface area contributed by atoms with Gasteiger partial charge in [-0.2, -0.15) is 0 Å². The minimum atomic E-state index is -4.44. The van der Waals surface area contributed by atoms with Crippen molar-refractivity contribution in [1.29, 1.82) is 0 Å². The molecule has 2 saturated heterocycles. The van der Waals surface area contributed by atoms with Gasteiger partial charge in [-0.05, 0) is 89.0 Å². The van der Waals surface area contributed by atoms with Crippen molar-refractivity contribution >= 4 is 64.0 Å². The third kappa shape index (κ3) is 10.4. The first-order valence-electron chi connectivity index (χ1n) is 23.0. The van der Waals surface area contributed by atoms with Crippen molar-refractivity contribution < 1.29 is 46.8 Å². The third-order valence-electron chi connectivity index (χ3n) is 13.7. The van der Waals surface area contributed by atoms with Crippen LogP contribution in [0, 0.1) is 23.5 Å². The highest BCUT2D eigenvalue weighted by molar-refractivity contribution is 7.59. The Labute approximate surface area is 387 Å². The molecule has 0 radical (unpaired) electrons. The number of nitrogens with zero attached hydrogens (tertiary/aromatic N) is 3. The number of esters is 1. The van der Waals surface area contributed by atoms with Crippen molar-refractivity contribution in [3.8, 4) is 22.9 Å². The van der Waals surface area contributed by atoms with Gasteiger partial charge in [0.15, 0.2) is 10.9 Å². The molecular formula is C48H58ClF2N4O8PS. The van der Waals surface area contributed by atoms with Crippen LogP contribution in [-0.2, 0) is 29.8 Å². The van der Waals surface area contributed by atoms with Crippen LogP contribution in [0.15, 0.2) is 41.8 Å². The number of Topliss-reactive ketones (excluding diaryl/α,β-unsaturated/α-hetero) is 1. The molecule has 350 valence electrons. The summed E-state index contributed by atoms with van der Waals surface area (Å²) in [6, 6.07) is 7.64. The van der Waals surface area contributed by atoms with E-state index in [-0.39, 0.29) is 61.2 Å². The Morgan fingerprint density at radius 3 is 2.42 bits per heavy atom. The van der Waals surface area contributed by atoms with Gasteiger partial charge in [-0.1, -0.05) is 49.8 Å². The number of anilines is 1. The Hall–Kier alpha value is -4.17. The molecule has 2 aliphatic heterocycles. The van der Waals surface area contributed by atoms with E-state index in [1.807, 2.05) is 19.2 Å². The summed E-state index contributed by atoms with van der Waals surface area (Å²) in [5.41, 5.74) is 0.973. The van der Waals surface area contributed by atoms with E-state index in [4.69, 9.17) is 35.8 Å². The fourth-order valence-electron chi connectivity index (χ4n) is 10.2. The first-order chi connectivity index (χ1) is 31.2. The number of carbonyl (C=O) groups is 3. The van der Waals surface area contributed by atoms with Crippen LogP contribution in [0.4, 0.5) is 13.9 Å². The molecule has 12 nitrogen and oxygen atoms in total. The number of thiazole rings is 1. The average Bonchev–Trinajstić information content (AvgIpc) is 3.68. The summed E-state index contributed by atoms with van der Waals surface area (Å²) in [7, 11) is -2.93. The molecule has 0 spiro atoms. The average molecular weight is 956 g/mol. The van der Waals surface area contributed by atoms with Gasteiger partial charge >= 0.3 is 5.97 Å². The predicted molar refractivity (Wildman–Crippen MR) is 247 cm³/mol. The van der Waals surface area contributed by atoms with Crippen LogP contribution in [0.2, 0.25) is 5.02 Å². The lowest BCUT2D eigenvalue weighted by molar-refractivity contribution is -0.154. The molecule has 1 unspecified atom stereocenters. The fraction of sp³-hybridized carbons (Fsp3) is 0.562. The highest BCUT2D eigenvalue weighted by Crippen LogP contribution is 2.75. The molecule has 4 fully saturated rings. The number of amides is 1. The van der Waals surface area contributed by atoms with Crippen molar-refractivity contribution in [3.63, 3.8) is 0 Å². The number of aromatic nitrogens is 2. The number of pyridine rings is 1. The van der Waals surface area contributed by atoms with Crippen molar-refractivity contribution in [2.24, 2.45) is 11.8 Å². The van der Waals surface area contributed by atoms with Gasteiger partial charge in [0.1, 0.15) is 46.1 Å². The molecule has 4 aliphatic rings. The monoisotopic (exact) mass is 954 g/mol.